The fourth-order valence-electron chi connectivity index (χ4n) is 2.23. The fraction of sp³-hybridized carbons (Fsp3) is 0.167. The van der Waals surface area contributed by atoms with E-state index in [0.29, 0.717) is 29.9 Å². The molecule has 0 bridgehead atoms. The van der Waals surface area contributed by atoms with Crippen LogP contribution in [0, 0.1) is 0 Å². The molecule has 2 amide bonds. The van der Waals surface area contributed by atoms with Gasteiger partial charge in [-0.1, -0.05) is 35.5 Å². The summed E-state index contributed by atoms with van der Waals surface area (Å²) < 4.78 is 10.9. The van der Waals surface area contributed by atoms with Crippen molar-refractivity contribution in [2.24, 2.45) is 0 Å². The standard InChI is InChI=1S/C18H16BrN3O4/c19-16-8-7-14(25-16)18(24)21-10-4-9-20-17(23)13-11-15(26-22-13)12-5-2-1-3-6-12/h1-3,5-8,11H,4,9-10H2,(H,20,23)(H,21,24). The summed E-state index contributed by atoms with van der Waals surface area (Å²) in [5, 5.41) is 9.24. The van der Waals surface area contributed by atoms with E-state index in [-0.39, 0.29) is 23.3 Å². The van der Waals surface area contributed by atoms with Gasteiger partial charge >= 0.3 is 0 Å². The molecule has 0 aliphatic carbocycles. The summed E-state index contributed by atoms with van der Waals surface area (Å²) in [6.45, 7) is 0.806. The Balaban J connectivity index is 1.40. The highest BCUT2D eigenvalue weighted by Gasteiger charge is 2.13. The Hall–Kier alpha value is -2.87. The van der Waals surface area contributed by atoms with Gasteiger partial charge in [-0.2, -0.15) is 0 Å². The maximum atomic E-state index is 12.1. The van der Waals surface area contributed by atoms with E-state index in [1.807, 2.05) is 30.3 Å². The second-order valence-electron chi connectivity index (χ2n) is 5.41. The van der Waals surface area contributed by atoms with Gasteiger partial charge in [0.05, 0.1) is 0 Å². The van der Waals surface area contributed by atoms with Crippen molar-refractivity contribution in [2.45, 2.75) is 6.42 Å². The Morgan fingerprint density at radius 2 is 1.73 bits per heavy atom. The molecule has 26 heavy (non-hydrogen) atoms. The summed E-state index contributed by atoms with van der Waals surface area (Å²) in [7, 11) is 0. The smallest absolute Gasteiger partial charge is 0.287 e. The summed E-state index contributed by atoms with van der Waals surface area (Å²) >= 11 is 3.14. The van der Waals surface area contributed by atoms with Gasteiger partial charge in [0, 0.05) is 24.7 Å². The first-order valence-corrected chi connectivity index (χ1v) is 8.76. The summed E-state index contributed by atoms with van der Waals surface area (Å²) in [6.07, 6.45) is 0.572. The number of furan rings is 1. The van der Waals surface area contributed by atoms with Gasteiger partial charge in [0.15, 0.2) is 21.9 Å². The number of rotatable bonds is 7. The molecule has 0 atom stereocenters. The molecule has 0 fully saturated rings. The minimum atomic E-state index is -0.322. The second kappa shape index (κ2) is 8.48. The molecule has 0 unspecified atom stereocenters. The van der Waals surface area contributed by atoms with Gasteiger partial charge in [-0.15, -0.1) is 0 Å². The molecule has 0 radical (unpaired) electrons. The Morgan fingerprint density at radius 3 is 2.42 bits per heavy atom. The van der Waals surface area contributed by atoms with Crippen LogP contribution in [-0.4, -0.2) is 30.1 Å². The molecule has 2 aromatic heterocycles. The number of aromatic nitrogens is 1. The molecule has 0 saturated carbocycles. The first kappa shape index (κ1) is 17.9. The number of benzene rings is 1. The van der Waals surface area contributed by atoms with Crippen LogP contribution in [0.15, 0.2) is 62.1 Å². The fourth-order valence-corrected chi connectivity index (χ4v) is 2.53. The largest absolute Gasteiger partial charge is 0.444 e. The lowest BCUT2D eigenvalue weighted by molar-refractivity contribution is 0.0924. The molecular weight excluding hydrogens is 402 g/mol. The molecule has 0 aliphatic heterocycles. The number of halogens is 1. The minimum Gasteiger partial charge on any atom is -0.444 e. The maximum Gasteiger partial charge on any atom is 0.287 e. The lowest BCUT2D eigenvalue weighted by Gasteiger charge is -2.04. The van der Waals surface area contributed by atoms with Crippen molar-refractivity contribution in [3.8, 4) is 11.3 Å². The molecule has 7 nitrogen and oxygen atoms in total. The Morgan fingerprint density at radius 1 is 1.00 bits per heavy atom. The van der Waals surface area contributed by atoms with Crippen LogP contribution in [0.1, 0.15) is 27.5 Å². The third-order valence-electron chi connectivity index (χ3n) is 3.52. The number of carbonyl (C=O) groups excluding carboxylic acids is 2. The number of nitrogens with one attached hydrogen (secondary N) is 2. The zero-order valence-corrected chi connectivity index (χ0v) is 15.3. The quantitative estimate of drug-likeness (QED) is 0.575. The van der Waals surface area contributed by atoms with E-state index in [1.165, 1.54) is 0 Å². The highest BCUT2D eigenvalue weighted by Crippen LogP contribution is 2.19. The van der Waals surface area contributed by atoms with E-state index in [2.05, 4.69) is 31.7 Å². The van der Waals surface area contributed by atoms with Crippen molar-refractivity contribution in [1.29, 1.82) is 0 Å². The third kappa shape index (κ3) is 4.60. The van der Waals surface area contributed by atoms with Gasteiger partial charge in [0.2, 0.25) is 0 Å². The van der Waals surface area contributed by atoms with Gasteiger partial charge in [0.1, 0.15) is 0 Å². The number of hydrogen-bond donors (Lipinski definition) is 2. The van der Waals surface area contributed by atoms with Crippen LogP contribution in [0.5, 0.6) is 0 Å². The van der Waals surface area contributed by atoms with E-state index in [1.54, 1.807) is 18.2 Å². The van der Waals surface area contributed by atoms with Crippen molar-refractivity contribution in [3.63, 3.8) is 0 Å². The minimum absolute atomic E-state index is 0.216. The predicted molar refractivity (Wildman–Crippen MR) is 97.6 cm³/mol. The number of nitrogens with zero attached hydrogens (tertiary/aromatic N) is 1. The summed E-state index contributed by atoms with van der Waals surface area (Å²) in [6, 6.07) is 14.2. The second-order valence-corrected chi connectivity index (χ2v) is 6.19. The van der Waals surface area contributed by atoms with E-state index in [4.69, 9.17) is 8.94 Å². The molecule has 0 aliphatic rings. The molecular formula is C18H16BrN3O4. The lowest BCUT2D eigenvalue weighted by atomic mass is 10.1. The molecule has 2 heterocycles. The van der Waals surface area contributed by atoms with Crippen LogP contribution >= 0.6 is 15.9 Å². The molecule has 3 rings (SSSR count). The third-order valence-corrected chi connectivity index (χ3v) is 3.95. The average Bonchev–Trinajstić information content (AvgIpc) is 3.31. The Labute approximate surface area is 157 Å². The number of amides is 2. The van der Waals surface area contributed by atoms with Crippen LogP contribution in [0.2, 0.25) is 0 Å². The van der Waals surface area contributed by atoms with Crippen molar-refractivity contribution < 1.29 is 18.5 Å². The van der Waals surface area contributed by atoms with Crippen molar-refractivity contribution in [1.82, 2.24) is 15.8 Å². The SMILES string of the molecule is O=C(NCCCNC(=O)c1ccc(Br)o1)c1cc(-c2ccccc2)on1. The first-order valence-electron chi connectivity index (χ1n) is 7.97. The summed E-state index contributed by atoms with van der Waals surface area (Å²) in [5.41, 5.74) is 1.07. The summed E-state index contributed by atoms with van der Waals surface area (Å²) in [5.74, 6) is 0.146. The predicted octanol–water partition coefficient (Wildman–Crippen LogP) is 3.25. The van der Waals surface area contributed by atoms with Gasteiger partial charge in [-0.3, -0.25) is 9.59 Å². The highest BCUT2D eigenvalue weighted by molar-refractivity contribution is 9.10. The van der Waals surface area contributed by atoms with Crippen molar-refractivity contribution in [2.75, 3.05) is 13.1 Å². The van der Waals surface area contributed by atoms with Crippen LogP contribution in [-0.2, 0) is 0 Å². The van der Waals surface area contributed by atoms with E-state index in [9.17, 15) is 9.59 Å². The van der Waals surface area contributed by atoms with Crippen LogP contribution in [0.3, 0.4) is 0 Å². The zero-order valence-electron chi connectivity index (χ0n) is 13.7. The van der Waals surface area contributed by atoms with Gasteiger partial charge in [-0.05, 0) is 34.5 Å². The molecule has 1 aromatic carbocycles. The van der Waals surface area contributed by atoms with E-state index in [0.717, 1.165) is 5.56 Å². The summed E-state index contributed by atoms with van der Waals surface area (Å²) in [4.78, 5) is 23.8. The van der Waals surface area contributed by atoms with Crippen molar-refractivity contribution >= 4 is 27.7 Å². The number of hydrogen-bond acceptors (Lipinski definition) is 5. The van der Waals surface area contributed by atoms with Crippen molar-refractivity contribution in [3.05, 3.63) is 64.7 Å². The molecule has 0 spiro atoms. The molecule has 0 saturated heterocycles. The normalized spacial score (nSPS) is 10.5. The van der Waals surface area contributed by atoms with E-state index < -0.39 is 0 Å². The number of carbonyl (C=O) groups is 2. The lowest BCUT2D eigenvalue weighted by Crippen LogP contribution is -2.29. The molecule has 8 heteroatoms. The topological polar surface area (TPSA) is 97.4 Å². The van der Waals surface area contributed by atoms with E-state index >= 15 is 0 Å². The van der Waals surface area contributed by atoms with Crippen LogP contribution < -0.4 is 10.6 Å². The first-order chi connectivity index (χ1) is 12.6. The Bertz CT molecular complexity index is 889. The van der Waals surface area contributed by atoms with Crippen LogP contribution in [0.4, 0.5) is 0 Å². The molecule has 134 valence electrons. The monoisotopic (exact) mass is 417 g/mol. The highest BCUT2D eigenvalue weighted by atomic mass is 79.9. The van der Waals surface area contributed by atoms with Crippen LogP contribution in [0.25, 0.3) is 11.3 Å². The Kier molecular flexibility index (Phi) is 5.85. The molecule has 2 N–H and O–H groups in total. The molecule has 3 aromatic rings. The maximum absolute atomic E-state index is 12.1. The van der Waals surface area contributed by atoms with Gasteiger partial charge < -0.3 is 19.6 Å². The average molecular weight is 418 g/mol. The zero-order chi connectivity index (χ0) is 18.4. The van der Waals surface area contributed by atoms with Gasteiger partial charge in [0.25, 0.3) is 11.8 Å². The van der Waals surface area contributed by atoms with Gasteiger partial charge in [-0.25, -0.2) is 0 Å².